The Labute approximate surface area is 247 Å². The number of allylic oxidation sites excluding steroid dienone is 2. The van der Waals surface area contributed by atoms with Crippen molar-refractivity contribution in [3.63, 3.8) is 0 Å². The average Bonchev–Trinajstić information content (AvgIpc) is 3.72. The number of hydrogen-bond donors (Lipinski definition) is 2. The monoisotopic (exact) mass is 622 g/mol. The van der Waals surface area contributed by atoms with E-state index in [0.29, 0.717) is 38.5 Å². The highest BCUT2D eigenvalue weighted by atomic mass is 32.2. The van der Waals surface area contributed by atoms with Crippen LogP contribution in [0.2, 0.25) is 0 Å². The molecular formula is C30H34F4N4O4S. The third-order valence-electron chi connectivity index (χ3n) is 8.23. The van der Waals surface area contributed by atoms with Gasteiger partial charge >= 0.3 is 6.18 Å². The molecule has 2 N–H and O–H groups in total. The number of fused-ring (bicyclic) bond motifs is 1. The lowest BCUT2D eigenvalue weighted by Crippen LogP contribution is -2.59. The maximum Gasteiger partial charge on any atom is 0.416 e. The minimum absolute atomic E-state index is 0.179. The van der Waals surface area contributed by atoms with E-state index in [-0.39, 0.29) is 23.2 Å². The Morgan fingerprint density at radius 1 is 1.14 bits per heavy atom. The number of alkyl halides is 4. The molecule has 5 rings (SSSR count). The molecule has 1 fully saturated rings. The number of halogens is 4. The molecule has 1 aliphatic heterocycles. The van der Waals surface area contributed by atoms with Gasteiger partial charge in [-0.2, -0.15) is 18.3 Å². The third kappa shape index (κ3) is 6.56. The van der Waals surface area contributed by atoms with Gasteiger partial charge in [0, 0.05) is 24.7 Å². The number of nitrogens with one attached hydrogen (secondary N) is 2. The number of carbonyl (C=O) groups excluding carboxylic acids is 2. The number of rotatable bonds is 11. The maximum absolute atomic E-state index is 15.1. The highest BCUT2D eigenvalue weighted by Gasteiger charge is 2.61. The molecular weight excluding hydrogens is 588 g/mol. The molecule has 1 saturated carbocycles. The number of carbonyl (C=O) groups is 2. The fourth-order valence-electron chi connectivity index (χ4n) is 5.69. The van der Waals surface area contributed by atoms with Gasteiger partial charge in [-0.05, 0) is 80.1 Å². The van der Waals surface area contributed by atoms with Crippen LogP contribution in [0, 0.1) is 0 Å². The van der Waals surface area contributed by atoms with Crippen molar-refractivity contribution in [1.82, 2.24) is 19.8 Å². The summed E-state index contributed by atoms with van der Waals surface area (Å²) in [5.41, 5.74) is -1.80. The minimum atomic E-state index is -5.00. The molecule has 2 heterocycles. The van der Waals surface area contributed by atoms with Crippen LogP contribution in [-0.2, 0) is 44.5 Å². The Bertz CT molecular complexity index is 1560. The first-order valence-corrected chi connectivity index (χ1v) is 16.0. The number of aromatic nitrogens is 2. The number of hydrogen-bond acceptors (Lipinski definition) is 5. The molecule has 2 aromatic rings. The molecule has 0 saturated heterocycles. The fourth-order valence-corrected chi connectivity index (χ4v) is 6.98. The van der Waals surface area contributed by atoms with Gasteiger partial charge in [0.25, 0.3) is 11.8 Å². The topological polar surface area (TPSA) is 110 Å². The SMILES string of the molecule is O=C1N[C@@](c2cnn(CC/C=C/CCCF)c2)(C(F)(F)F)CC(c2ccc3c(c2)CCCC3)=C1C(=O)NS(=O)(=O)C1CC1. The van der Waals surface area contributed by atoms with Gasteiger partial charge in [0.1, 0.15) is 5.57 Å². The summed E-state index contributed by atoms with van der Waals surface area (Å²) in [5.74, 6) is -2.56. The molecule has 1 aromatic carbocycles. The second-order valence-electron chi connectivity index (χ2n) is 11.3. The van der Waals surface area contributed by atoms with Crippen molar-refractivity contribution in [2.75, 3.05) is 6.67 Å². The number of unbranched alkanes of at least 4 members (excludes halogenated alkanes) is 1. The van der Waals surface area contributed by atoms with E-state index < -0.39 is 57.5 Å². The quantitative estimate of drug-likeness (QED) is 0.162. The van der Waals surface area contributed by atoms with E-state index in [1.807, 2.05) is 10.0 Å². The van der Waals surface area contributed by atoms with E-state index in [2.05, 4.69) is 5.10 Å². The average molecular weight is 623 g/mol. The van der Waals surface area contributed by atoms with Gasteiger partial charge in [-0.1, -0.05) is 30.4 Å². The lowest BCUT2D eigenvalue weighted by molar-refractivity contribution is -0.202. The largest absolute Gasteiger partial charge is 0.416 e. The number of benzene rings is 1. The predicted molar refractivity (Wildman–Crippen MR) is 152 cm³/mol. The summed E-state index contributed by atoms with van der Waals surface area (Å²) < 4.78 is 85.8. The smallest absolute Gasteiger partial charge is 0.334 e. The second-order valence-corrected chi connectivity index (χ2v) is 13.3. The van der Waals surface area contributed by atoms with Crippen LogP contribution in [0.3, 0.4) is 0 Å². The van der Waals surface area contributed by atoms with Crippen LogP contribution in [0.15, 0.2) is 48.3 Å². The van der Waals surface area contributed by atoms with Crippen LogP contribution in [0.1, 0.15) is 73.6 Å². The molecule has 1 atom stereocenters. The zero-order chi connectivity index (χ0) is 30.8. The van der Waals surface area contributed by atoms with E-state index in [1.165, 1.54) is 10.9 Å². The molecule has 0 unspecified atom stereocenters. The fraction of sp³-hybridized carbons (Fsp3) is 0.500. The molecule has 0 radical (unpaired) electrons. The molecule has 43 heavy (non-hydrogen) atoms. The molecule has 232 valence electrons. The maximum atomic E-state index is 15.1. The Kier molecular flexibility index (Phi) is 8.82. The summed E-state index contributed by atoms with van der Waals surface area (Å²) in [6, 6.07) is 5.11. The summed E-state index contributed by atoms with van der Waals surface area (Å²) in [7, 11) is -4.07. The molecule has 2 amide bonds. The van der Waals surface area contributed by atoms with Crippen molar-refractivity contribution in [3.8, 4) is 0 Å². The van der Waals surface area contributed by atoms with E-state index in [0.717, 1.165) is 36.6 Å². The van der Waals surface area contributed by atoms with Gasteiger partial charge in [0.2, 0.25) is 10.0 Å². The Balaban J connectivity index is 1.54. The van der Waals surface area contributed by atoms with Crippen molar-refractivity contribution in [1.29, 1.82) is 0 Å². The van der Waals surface area contributed by atoms with Crippen molar-refractivity contribution < 1.29 is 35.6 Å². The Hall–Kier alpha value is -3.48. The van der Waals surface area contributed by atoms with E-state index in [9.17, 15) is 22.4 Å². The number of aryl methyl sites for hydroxylation is 3. The lowest BCUT2D eigenvalue weighted by atomic mass is 9.76. The molecule has 1 aromatic heterocycles. The first-order chi connectivity index (χ1) is 20.4. The summed E-state index contributed by atoms with van der Waals surface area (Å²) >= 11 is 0. The number of nitrogens with zero attached hydrogens (tertiary/aromatic N) is 2. The molecule has 13 heteroatoms. The van der Waals surface area contributed by atoms with Crippen LogP contribution in [0.5, 0.6) is 0 Å². The highest BCUT2D eigenvalue weighted by Crippen LogP contribution is 2.48. The summed E-state index contributed by atoms with van der Waals surface area (Å²) in [6.07, 6.45) is 5.58. The highest BCUT2D eigenvalue weighted by molar-refractivity contribution is 7.91. The molecule has 2 aliphatic carbocycles. The van der Waals surface area contributed by atoms with Gasteiger partial charge < -0.3 is 5.32 Å². The third-order valence-corrected chi connectivity index (χ3v) is 10.0. The van der Waals surface area contributed by atoms with E-state index >= 15 is 13.2 Å². The standard InChI is InChI=1S/C30H34F4N4O4S/c31-14-6-2-1-3-7-15-38-19-23(18-35-38)29(30(32,33)34)17-25(22-11-10-20-8-4-5-9-21(20)16-22)26(27(39)36-29)28(40)37-43(41,42)24-12-13-24/h1,3,10-11,16,18-19,24H,2,4-9,12-15,17H2,(H,36,39)(H,37,40)/b3-1+/t29-/m0/s1. The summed E-state index contributed by atoms with van der Waals surface area (Å²) in [5, 5.41) is 5.35. The second kappa shape index (κ2) is 12.3. The first kappa shape index (κ1) is 31.0. The summed E-state index contributed by atoms with van der Waals surface area (Å²) in [4.78, 5) is 26.8. The van der Waals surface area contributed by atoms with Crippen molar-refractivity contribution in [2.45, 2.75) is 87.7 Å². The van der Waals surface area contributed by atoms with Gasteiger partial charge in [-0.25, -0.2) is 13.1 Å². The normalized spacial score (nSPS) is 21.2. The van der Waals surface area contributed by atoms with Gasteiger partial charge in [0.05, 0.1) is 18.1 Å². The summed E-state index contributed by atoms with van der Waals surface area (Å²) in [6.45, 7) is -0.173. The van der Waals surface area contributed by atoms with Crippen LogP contribution in [-0.4, -0.2) is 48.1 Å². The Morgan fingerprint density at radius 2 is 1.86 bits per heavy atom. The molecule has 0 spiro atoms. The number of amides is 2. The van der Waals surface area contributed by atoms with Crippen LogP contribution in [0.4, 0.5) is 17.6 Å². The lowest BCUT2D eigenvalue weighted by Gasteiger charge is -2.40. The predicted octanol–water partition coefficient (Wildman–Crippen LogP) is 4.80. The van der Waals surface area contributed by atoms with Crippen molar-refractivity contribution in [2.24, 2.45) is 0 Å². The van der Waals surface area contributed by atoms with Crippen LogP contribution >= 0.6 is 0 Å². The van der Waals surface area contributed by atoms with Crippen LogP contribution < -0.4 is 10.0 Å². The van der Waals surface area contributed by atoms with E-state index in [4.69, 9.17) is 0 Å². The van der Waals surface area contributed by atoms with E-state index in [1.54, 1.807) is 30.4 Å². The molecule has 0 bridgehead atoms. The zero-order valence-electron chi connectivity index (χ0n) is 23.6. The van der Waals surface area contributed by atoms with Gasteiger partial charge in [0.15, 0.2) is 5.54 Å². The Morgan fingerprint density at radius 3 is 2.56 bits per heavy atom. The van der Waals surface area contributed by atoms with Gasteiger partial charge in [-0.15, -0.1) is 0 Å². The van der Waals surface area contributed by atoms with Crippen molar-refractivity contribution >= 4 is 27.4 Å². The minimum Gasteiger partial charge on any atom is -0.334 e. The molecule has 8 nitrogen and oxygen atoms in total. The van der Waals surface area contributed by atoms with Crippen LogP contribution in [0.25, 0.3) is 5.57 Å². The van der Waals surface area contributed by atoms with Crippen molar-refractivity contribution in [3.05, 3.63) is 70.6 Å². The van der Waals surface area contributed by atoms with Gasteiger partial charge in [-0.3, -0.25) is 18.7 Å². The molecule has 3 aliphatic rings. The first-order valence-electron chi connectivity index (χ1n) is 14.5. The zero-order valence-corrected chi connectivity index (χ0v) is 24.4. The number of sulfonamides is 1.